The molecule has 0 spiro atoms. The van der Waals surface area contributed by atoms with Crippen molar-refractivity contribution in [2.75, 3.05) is 32.7 Å². The Kier molecular flexibility index (Phi) is 4.26. The summed E-state index contributed by atoms with van der Waals surface area (Å²) in [5.41, 5.74) is -0.119. The molecule has 0 radical (unpaired) electrons. The number of likely N-dealkylation sites (tertiary alicyclic amines) is 1. The Hall–Kier alpha value is -0.640. The van der Waals surface area contributed by atoms with Crippen molar-refractivity contribution in [2.24, 2.45) is 5.41 Å². The predicted molar refractivity (Wildman–Crippen MR) is 85.5 cm³/mol. The Balaban J connectivity index is 1.61. The van der Waals surface area contributed by atoms with Crippen LogP contribution >= 0.6 is 11.6 Å². The van der Waals surface area contributed by atoms with Gasteiger partial charge in [-0.05, 0) is 48.9 Å². The molecule has 116 valence electrons. The zero-order valence-corrected chi connectivity index (χ0v) is 13.4. The quantitative estimate of drug-likeness (QED) is 0.917. The zero-order valence-electron chi connectivity index (χ0n) is 12.7. The molecule has 2 fully saturated rings. The van der Waals surface area contributed by atoms with E-state index in [1.165, 1.54) is 6.42 Å². The number of hydrogen-bond acceptors (Lipinski definition) is 2. The molecule has 2 nitrogen and oxygen atoms in total. The molecule has 0 amide bonds. The first-order valence-corrected chi connectivity index (χ1v) is 8.25. The average Bonchev–Trinajstić information content (AvgIpc) is 2.88. The lowest BCUT2D eigenvalue weighted by Crippen LogP contribution is -2.45. The van der Waals surface area contributed by atoms with Gasteiger partial charge in [0.05, 0.1) is 0 Å². The van der Waals surface area contributed by atoms with Crippen LogP contribution in [0.4, 0.5) is 4.39 Å². The van der Waals surface area contributed by atoms with Gasteiger partial charge in [0.15, 0.2) is 0 Å². The van der Waals surface area contributed by atoms with Crippen molar-refractivity contribution in [1.29, 1.82) is 0 Å². The zero-order chi connectivity index (χ0) is 14.9. The third kappa shape index (κ3) is 3.41. The van der Waals surface area contributed by atoms with Crippen LogP contribution in [-0.2, 0) is 5.67 Å². The number of rotatable bonds is 3. The van der Waals surface area contributed by atoms with Crippen LogP contribution in [0.25, 0.3) is 0 Å². The molecule has 2 aliphatic heterocycles. The number of hydrogen-bond donors (Lipinski definition) is 1. The van der Waals surface area contributed by atoms with Crippen molar-refractivity contribution < 1.29 is 4.39 Å². The Morgan fingerprint density at radius 2 is 2.05 bits per heavy atom. The summed E-state index contributed by atoms with van der Waals surface area (Å²) in [4.78, 5) is 2.43. The van der Waals surface area contributed by atoms with E-state index in [0.717, 1.165) is 38.3 Å². The van der Waals surface area contributed by atoms with E-state index in [1.807, 2.05) is 12.1 Å². The summed E-state index contributed by atoms with van der Waals surface area (Å²) in [6, 6.07) is 7.29. The molecule has 0 bridgehead atoms. The fourth-order valence-corrected chi connectivity index (χ4v) is 3.86. The summed E-state index contributed by atoms with van der Waals surface area (Å²) >= 11 is 6.00. The van der Waals surface area contributed by atoms with E-state index in [4.69, 9.17) is 11.6 Å². The highest BCUT2D eigenvalue weighted by Crippen LogP contribution is 2.39. The van der Waals surface area contributed by atoms with Crippen molar-refractivity contribution in [2.45, 2.75) is 31.9 Å². The minimum Gasteiger partial charge on any atom is -0.316 e. The fourth-order valence-electron chi connectivity index (χ4n) is 3.66. The topological polar surface area (TPSA) is 15.3 Å². The summed E-state index contributed by atoms with van der Waals surface area (Å²) in [6.07, 6.45) is 2.35. The lowest BCUT2D eigenvalue weighted by Gasteiger charge is -2.40. The number of benzene rings is 1. The molecule has 0 saturated carbocycles. The second-order valence-electron chi connectivity index (χ2n) is 6.99. The van der Waals surface area contributed by atoms with Gasteiger partial charge < -0.3 is 10.2 Å². The Morgan fingerprint density at radius 3 is 2.67 bits per heavy atom. The maximum atomic E-state index is 15.2. The van der Waals surface area contributed by atoms with Crippen LogP contribution in [0.15, 0.2) is 24.3 Å². The van der Waals surface area contributed by atoms with E-state index in [-0.39, 0.29) is 0 Å². The smallest absolute Gasteiger partial charge is 0.138 e. The first-order chi connectivity index (χ1) is 9.99. The highest BCUT2D eigenvalue weighted by molar-refractivity contribution is 6.30. The van der Waals surface area contributed by atoms with E-state index in [1.54, 1.807) is 12.1 Å². The fraction of sp³-hybridized carbons (Fsp3) is 0.647. The Labute approximate surface area is 131 Å². The van der Waals surface area contributed by atoms with Crippen LogP contribution < -0.4 is 5.32 Å². The van der Waals surface area contributed by atoms with Gasteiger partial charge in [-0.3, -0.25) is 0 Å². The monoisotopic (exact) mass is 310 g/mol. The maximum Gasteiger partial charge on any atom is 0.138 e. The summed E-state index contributed by atoms with van der Waals surface area (Å²) in [6.45, 7) is 7.27. The predicted octanol–water partition coefficient (Wildman–Crippen LogP) is 3.60. The average molecular weight is 311 g/mol. The molecule has 2 heterocycles. The van der Waals surface area contributed by atoms with E-state index in [0.29, 0.717) is 23.3 Å². The summed E-state index contributed by atoms with van der Waals surface area (Å²) in [7, 11) is 0. The minimum absolute atomic E-state index is 0.354. The number of nitrogens with zero attached hydrogens (tertiary/aromatic N) is 1. The van der Waals surface area contributed by atoms with Gasteiger partial charge in [-0.1, -0.05) is 30.7 Å². The molecule has 1 unspecified atom stereocenters. The summed E-state index contributed by atoms with van der Waals surface area (Å²) < 4.78 is 15.2. The molecule has 3 rings (SSSR count). The number of alkyl halides is 1. The van der Waals surface area contributed by atoms with Gasteiger partial charge >= 0.3 is 0 Å². The molecular formula is C17H24ClFN2. The first-order valence-electron chi connectivity index (χ1n) is 7.87. The van der Waals surface area contributed by atoms with Crippen molar-refractivity contribution in [1.82, 2.24) is 10.2 Å². The van der Waals surface area contributed by atoms with Gasteiger partial charge in [0.2, 0.25) is 0 Å². The van der Waals surface area contributed by atoms with Crippen LogP contribution in [0.5, 0.6) is 0 Å². The van der Waals surface area contributed by atoms with Crippen LogP contribution in [-0.4, -0.2) is 37.6 Å². The van der Waals surface area contributed by atoms with E-state index in [9.17, 15) is 0 Å². The molecule has 1 atom stereocenters. The van der Waals surface area contributed by atoms with E-state index >= 15 is 4.39 Å². The Bertz CT molecular complexity index is 491. The van der Waals surface area contributed by atoms with Crippen LogP contribution in [0, 0.1) is 5.41 Å². The Morgan fingerprint density at radius 1 is 1.29 bits per heavy atom. The molecule has 1 aromatic rings. The highest BCUT2D eigenvalue weighted by Gasteiger charge is 2.38. The van der Waals surface area contributed by atoms with E-state index < -0.39 is 5.67 Å². The van der Waals surface area contributed by atoms with Crippen LogP contribution in [0.3, 0.4) is 0 Å². The van der Waals surface area contributed by atoms with Gasteiger partial charge in [0, 0.05) is 31.2 Å². The molecule has 4 heteroatoms. The molecule has 0 aromatic heterocycles. The van der Waals surface area contributed by atoms with Crippen LogP contribution in [0.2, 0.25) is 5.02 Å². The van der Waals surface area contributed by atoms with Crippen molar-refractivity contribution in [3.63, 3.8) is 0 Å². The molecular weight excluding hydrogens is 287 g/mol. The lowest BCUT2D eigenvalue weighted by atomic mass is 9.84. The minimum atomic E-state index is -1.21. The molecule has 1 aromatic carbocycles. The second-order valence-corrected chi connectivity index (χ2v) is 7.43. The largest absolute Gasteiger partial charge is 0.316 e. The summed E-state index contributed by atoms with van der Waals surface area (Å²) in [5.74, 6) is 0. The molecule has 0 aliphatic carbocycles. The van der Waals surface area contributed by atoms with Gasteiger partial charge in [-0.15, -0.1) is 0 Å². The molecule has 1 N–H and O–H groups in total. The van der Waals surface area contributed by atoms with Crippen molar-refractivity contribution in [3.05, 3.63) is 34.9 Å². The standard InChI is InChI=1S/C17H24ClFN2/c1-16(5-8-20-12-16)13-21-9-6-17(19,7-10-21)14-3-2-4-15(18)11-14/h2-4,11,20H,5-10,12-13H2,1H3. The lowest BCUT2D eigenvalue weighted by molar-refractivity contribution is 0.0393. The number of halogens is 2. The molecule has 21 heavy (non-hydrogen) atoms. The summed E-state index contributed by atoms with van der Waals surface area (Å²) in [5, 5.41) is 4.06. The highest BCUT2D eigenvalue weighted by atomic mass is 35.5. The number of piperidine rings is 1. The van der Waals surface area contributed by atoms with E-state index in [2.05, 4.69) is 17.1 Å². The maximum absolute atomic E-state index is 15.2. The third-order valence-electron chi connectivity index (χ3n) is 5.05. The number of nitrogens with one attached hydrogen (secondary N) is 1. The van der Waals surface area contributed by atoms with Gasteiger partial charge in [-0.2, -0.15) is 0 Å². The van der Waals surface area contributed by atoms with Gasteiger partial charge in [0.1, 0.15) is 5.67 Å². The molecule has 2 aliphatic rings. The van der Waals surface area contributed by atoms with Crippen molar-refractivity contribution in [3.8, 4) is 0 Å². The SMILES string of the molecule is CC1(CN2CCC(F)(c3cccc(Cl)c3)CC2)CCNC1. The third-order valence-corrected chi connectivity index (χ3v) is 5.29. The normalized spacial score (nSPS) is 29.7. The second kappa shape index (κ2) is 5.86. The van der Waals surface area contributed by atoms with Crippen LogP contribution in [0.1, 0.15) is 31.7 Å². The van der Waals surface area contributed by atoms with Crippen molar-refractivity contribution >= 4 is 11.6 Å². The van der Waals surface area contributed by atoms with Gasteiger partial charge in [-0.25, -0.2) is 4.39 Å². The first kappa shape index (κ1) is 15.3. The molecule has 2 saturated heterocycles. The van der Waals surface area contributed by atoms with Gasteiger partial charge in [0.25, 0.3) is 0 Å².